The molecule has 0 radical (unpaired) electrons. The molecule has 3 aromatic carbocycles. The summed E-state index contributed by atoms with van der Waals surface area (Å²) in [6, 6.07) is 19.0. The molecule has 4 aromatic rings. The second kappa shape index (κ2) is 10.2. The summed E-state index contributed by atoms with van der Waals surface area (Å²) >= 11 is 7.36. The number of rotatable bonds is 7. The highest BCUT2D eigenvalue weighted by atomic mass is 35.5. The minimum atomic E-state index is -0.827. The number of carboxylic acid groups (broad SMARTS) is 1. The molecule has 1 aliphatic carbocycles. The molecule has 5 rings (SSSR count). The molecule has 1 atom stereocenters. The Morgan fingerprint density at radius 1 is 1.11 bits per heavy atom. The molecule has 6 nitrogen and oxygen atoms in total. The van der Waals surface area contributed by atoms with Crippen LogP contribution in [0.3, 0.4) is 0 Å². The van der Waals surface area contributed by atoms with Crippen LogP contribution in [0, 0.1) is 12.7 Å². The molecule has 1 saturated carbocycles. The zero-order valence-electron chi connectivity index (χ0n) is 20.6. The number of aliphatic carboxylic acids is 1. The third kappa shape index (κ3) is 4.89. The lowest BCUT2D eigenvalue weighted by Crippen LogP contribution is -2.19. The standard InChI is InChI=1S/C29H24ClFN2O4S/c1-16-25(32-28(36)37-17(2)21-5-3-4-6-23(21)30)26(38-33-16)19-9-12-22(24(31)15-19)18-7-10-20(11-8-18)29(13-14-29)27(34)35/h3-12,15,17H,13-14H2,1-2H3,(H,32,36)(H,34,35)/t17-/m1/s1. The smallest absolute Gasteiger partial charge is 0.412 e. The number of aromatic nitrogens is 1. The first-order chi connectivity index (χ1) is 18.2. The minimum absolute atomic E-state index is 0.393. The average molecular weight is 551 g/mol. The van der Waals surface area contributed by atoms with E-state index in [-0.39, 0.29) is 0 Å². The number of benzene rings is 3. The van der Waals surface area contributed by atoms with Gasteiger partial charge in [0.05, 0.1) is 21.7 Å². The van der Waals surface area contributed by atoms with Crippen LogP contribution in [-0.4, -0.2) is 21.5 Å². The van der Waals surface area contributed by atoms with Crippen molar-refractivity contribution in [2.45, 2.75) is 38.2 Å². The fraction of sp³-hybridized carbons (Fsp3) is 0.207. The molecule has 0 unspecified atom stereocenters. The summed E-state index contributed by atoms with van der Waals surface area (Å²) in [6.45, 7) is 3.48. The van der Waals surface area contributed by atoms with Gasteiger partial charge in [-0.3, -0.25) is 10.1 Å². The molecule has 194 valence electrons. The van der Waals surface area contributed by atoms with Crippen LogP contribution in [0.4, 0.5) is 14.9 Å². The molecule has 1 aliphatic rings. The third-order valence-electron chi connectivity index (χ3n) is 6.86. The Morgan fingerprint density at radius 3 is 2.42 bits per heavy atom. The number of amides is 1. The molecule has 1 fully saturated rings. The van der Waals surface area contributed by atoms with Crippen molar-refractivity contribution in [1.82, 2.24) is 4.37 Å². The SMILES string of the molecule is Cc1nsc(-c2ccc(-c3ccc(C4(C(=O)O)CC4)cc3)c(F)c2)c1NC(=O)O[C@H](C)c1ccccc1Cl. The number of nitrogens with zero attached hydrogens (tertiary/aromatic N) is 1. The van der Waals surface area contributed by atoms with E-state index in [1.165, 1.54) is 6.07 Å². The monoisotopic (exact) mass is 550 g/mol. The van der Waals surface area contributed by atoms with Gasteiger partial charge in [-0.25, -0.2) is 9.18 Å². The first-order valence-corrected chi connectivity index (χ1v) is 13.2. The van der Waals surface area contributed by atoms with Crippen LogP contribution in [0.25, 0.3) is 21.6 Å². The number of halogens is 2. The molecule has 9 heteroatoms. The number of hydrogen-bond donors (Lipinski definition) is 2. The Bertz CT molecular complexity index is 1530. The van der Waals surface area contributed by atoms with Crippen molar-refractivity contribution < 1.29 is 23.8 Å². The Morgan fingerprint density at radius 2 is 1.79 bits per heavy atom. The molecule has 0 aliphatic heterocycles. The molecule has 0 spiro atoms. The van der Waals surface area contributed by atoms with Gasteiger partial charge in [-0.05, 0) is 67.0 Å². The molecule has 0 bridgehead atoms. The number of ether oxygens (including phenoxy) is 1. The van der Waals surface area contributed by atoms with E-state index in [2.05, 4.69) is 9.69 Å². The normalized spacial score (nSPS) is 14.5. The first kappa shape index (κ1) is 25.9. The number of carbonyl (C=O) groups is 2. The van der Waals surface area contributed by atoms with Crippen molar-refractivity contribution in [3.8, 4) is 21.6 Å². The fourth-order valence-corrected chi connectivity index (χ4v) is 5.62. The maximum absolute atomic E-state index is 15.3. The van der Waals surface area contributed by atoms with Gasteiger partial charge < -0.3 is 9.84 Å². The summed E-state index contributed by atoms with van der Waals surface area (Å²) in [7, 11) is 0. The van der Waals surface area contributed by atoms with Crippen molar-refractivity contribution in [2.75, 3.05) is 5.32 Å². The third-order valence-corrected chi connectivity index (χ3v) is 8.19. The second-order valence-corrected chi connectivity index (χ2v) is 10.5. The van der Waals surface area contributed by atoms with Gasteiger partial charge in [-0.2, -0.15) is 4.37 Å². The van der Waals surface area contributed by atoms with Gasteiger partial charge in [0, 0.05) is 16.1 Å². The second-order valence-electron chi connectivity index (χ2n) is 9.33. The first-order valence-electron chi connectivity index (χ1n) is 12.0. The number of carbonyl (C=O) groups excluding carboxylic acids is 1. The molecular formula is C29H24ClFN2O4S. The van der Waals surface area contributed by atoms with Crippen LogP contribution >= 0.6 is 23.1 Å². The highest BCUT2D eigenvalue weighted by Gasteiger charge is 2.51. The predicted molar refractivity (Wildman–Crippen MR) is 146 cm³/mol. The molecular weight excluding hydrogens is 527 g/mol. The molecule has 1 amide bonds. The summed E-state index contributed by atoms with van der Waals surface area (Å²) in [6.07, 6.45) is -0.0228. The van der Waals surface area contributed by atoms with E-state index in [9.17, 15) is 14.7 Å². The number of hydrogen-bond acceptors (Lipinski definition) is 5. The lowest BCUT2D eigenvalue weighted by Gasteiger charge is -2.16. The maximum atomic E-state index is 15.3. The average Bonchev–Trinajstić information content (AvgIpc) is 3.64. The highest BCUT2D eigenvalue weighted by molar-refractivity contribution is 7.10. The maximum Gasteiger partial charge on any atom is 0.412 e. The van der Waals surface area contributed by atoms with E-state index in [1.807, 2.05) is 6.07 Å². The number of carboxylic acids is 1. The van der Waals surface area contributed by atoms with E-state index in [0.717, 1.165) is 17.1 Å². The molecule has 38 heavy (non-hydrogen) atoms. The molecule has 1 aromatic heterocycles. The van der Waals surface area contributed by atoms with Crippen molar-refractivity contribution in [3.05, 3.63) is 94.4 Å². The topological polar surface area (TPSA) is 88.5 Å². The lowest BCUT2D eigenvalue weighted by molar-refractivity contribution is -0.140. The summed E-state index contributed by atoms with van der Waals surface area (Å²) in [5.41, 5.74) is 3.25. The Balaban J connectivity index is 1.34. The van der Waals surface area contributed by atoms with Gasteiger partial charge >= 0.3 is 12.1 Å². The summed E-state index contributed by atoms with van der Waals surface area (Å²) in [4.78, 5) is 24.9. The van der Waals surface area contributed by atoms with Gasteiger partial charge in [0.15, 0.2) is 0 Å². The van der Waals surface area contributed by atoms with Crippen LogP contribution in [0.1, 0.15) is 42.7 Å². The van der Waals surface area contributed by atoms with E-state index in [1.54, 1.807) is 68.4 Å². The van der Waals surface area contributed by atoms with E-state index < -0.39 is 29.4 Å². The minimum Gasteiger partial charge on any atom is -0.481 e. The summed E-state index contributed by atoms with van der Waals surface area (Å²) in [5.74, 6) is -1.27. The zero-order chi connectivity index (χ0) is 27.0. The van der Waals surface area contributed by atoms with Gasteiger partial charge in [-0.15, -0.1) is 0 Å². The van der Waals surface area contributed by atoms with Crippen molar-refractivity contribution >= 4 is 40.9 Å². The summed E-state index contributed by atoms with van der Waals surface area (Å²) < 4.78 is 25.1. The molecule has 1 heterocycles. The van der Waals surface area contributed by atoms with Crippen LogP contribution in [0.5, 0.6) is 0 Å². The predicted octanol–water partition coefficient (Wildman–Crippen LogP) is 8.00. The van der Waals surface area contributed by atoms with Gasteiger partial charge in [0.1, 0.15) is 11.9 Å². The van der Waals surface area contributed by atoms with Crippen LogP contribution in [-0.2, 0) is 14.9 Å². The van der Waals surface area contributed by atoms with Crippen LogP contribution < -0.4 is 5.32 Å². The number of anilines is 1. The van der Waals surface area contributed by atoms with Crippen LogP contribution in [0.2, 0.25) is 5.02 Å². The van der Waals surface area contributed by atoms with Gasteiger partial charge in [-0.1, -0.05) is 66.2 Å². The van der Waals surface area contributed by atoms with E-state index in [0.29, 0.717) is 56.4 Å². The zero-order valence-corrected chi connectivity index (χ0v) is 22.2. The van der Waals surface area contributed by atoms with Gasteiger partial charge in [0.2, 0.25) is 0 Å². The van der Waals surface area contributed by atoms with E-state index >= 15 is 4.39 Å². The van der Waals surface area contributed by atoms with Crippen molar-refractivity contribution in [3.63, 3.8) is 0 Å². The van der Waals surface area contributed by atoms with Crippen molar-refractivity contribution in [1.29, 1.82) is 0 Å². The number of aryl methyl sites for hydroxylation is 1. The largest absolute Gasteiger partial charge is 0.481 e. The summed E-state index contributed by atoms with van der Waals surface area (Å²) in [5, 5.41) is 12.8. The van der Waals surface area contributed by atoms with E-state index in [4.69, 9.17) is 16.3 Å². The Labute approximate surface area is 228 Å². The highest BCUT2D eigenvalue weighted by Crippen LogP contribution is 2.48. The Hall–Kier alpha value is -3.75. The molecule has 0 saturated heterocycles. The quantitative estimate of drug-likeness (QED) is 0.243. The number of nitrogens with one attached hydrogen (secondary N) is 1. The van der Waals surface area contributed by atoms with Gasteiger partial charge in [0.25, 0.3) is 0 Å². The van der Waals surface area contributed by atoms with Crippen molar-refractivity contribution in [2.24, 2.45) is 0 Å². The lowest BCUT2D eigenvalue weighted by atomic mass is 9.93. The fourth-order valence-electron chi connectivity index (χ4n) is 4.48. The Kier molecular flexibility index (Phi) is 6.94. The van der Waals surface area contributed by atoms with Crippen LogP contribution in [0.15, 0.2) is 66.7 Å². The molecule has 2 N–H and O–H groups in total.